The summed E-state index contributed by atoms with van der Waals surface area (Å²) in [5.74, 6) is -7.99. The van der Waals surface area contributed by atoms with Crippen LogP contribution < -0.4 is 16.0 Å². The molecule has 1 amide bonds. The van der Waals surface area contributed by atoms with Gasteiger partial charge in [0.2, 0.25) is 5.78 Å². The van der Waals surface area contributed by atoms with E-state index >= 15 is 0 Å². The van der Waals surface area contributed by atoms with E-state index in [2.05, 4.69) is 5.32 Å². The summed E-state index contributed by atoms with van der Waals surface area (Å²) < 4.78 is 0. The second-order valence-corrected chi connectivity index (χ2v) is 12.2. The van der Waals surface area contributed by atoms with E-state index in [0.717, 1.165) is 5.56 Å². The first-order valence-electron chi connectivity index (χ1n) is 14.3. The third-order valence-corrected chi connectivity index (χ3v) is 9.10. The number of anilines is 1. The van der Waals surface area contributed by atoms with E-state index in [1.807, 2.05) is 4.90 Å². The van der Waals surface area contributed by atoms with Crippen molar-refractivity contribution < 1.29 is 44.7 Å². The summed E-state index contributed by atoms with van der Waals surface area (Å²) in [4.78, 5) is 54.0. The number of hydrogen-bond donors (Lipinski definition) is 7. The maximum Gasteiger partial charge on any atom is 0.335 e. The molecular formula is C32H36N4O9. The van der Waals surface area contributed by atoms with Gasteiger partial charge in [-0.1, -0.05) is 12.1 Å². The lowest BCUT2D eigenvalue weighted by Crippen LogP contribution is -2.65. The van der Waals surface area contributed by atoms with Crippen molar-refractivity contribution in [2.24, 2.45) is 17.6 Å². The molecule has 0 aliphatic heterocycles. The van der Waals surface area contributed by atoms with Crippen LogP contribution in [0.3, 0.4) is 0 Å². The van der Waals surface area contributed by atoms with Gasteiger partial charge in [-0.3, -0.25) is 19.3 Å². The minimum atomic E-state index is -2.71. The van der Waals surface area contributed by atoms with E-state index in [9.17, 15) is 39.6 Å². The number of hydrogen-bond acceptors (Lipinski definition) is 11. The lowest BCUT2D eigenvalue weighted by molar-refractivity contribution is -0.153. The molecule has 0 radical (unpaired) electrons. The third-order valence-electron chi connectivity index (χ3n) is 9.10. The summed E-state index contributed by atoms with van der Waals surface area (Å²) in [5, 5.41) is 58.2. The van der Waals surface area contributed by atoms with Gasteiger partial charge in [0.15, 0.2) is 11.4 Å². The number of nitrogens with zero attached hydrogens (tertiary/aromatic N) is 2. The first kappa shape index (κ1) is 31.7. The Bertz CT molecular complexity index is 1690. The van der Waals surface area contributed by atoms with Crippen LogP contribution in [0, 0.1) is 11.8 Å². The van der Waals surface area contributed by atoms with Crippen LogP contribution >= 0.6 is 0 Å². The van der Waals surface area contributed by atoms with E-state index < -0.39 is 64.0 Å². The summed E-state index contributed by atoms with van der Waals surface area (Å²) in [7, 11) is 6.70. The molecule has 238 valence electrons. The van der Waals surface area contributed by atoms with Gasteiger partial charge in [-0.2, -0.15) is 0 Å². The number of likely N-dealkylation sites (N-methyl/N-ethyl adjacent to an activating group) is 1. The number of aliphatic hydroxyl groups is 3. The van der Waals surface area contributed by atoms with Gasteiger partial charge < -0.3 is 41.5 Å². The van der Waals surface area contributed by atoms with E-state index in [4.69, 9.17) is 10.8 Å². The molecule has 8 N–H and O–H groups in total. The topological polar surface area (TPSA) is 214 Å². The third kappa shape index (κ3) is 4.93. The Morgan fingerprint density at radius 2 is 1.69 bits per heavy atom. The Labute approximate surface area is 258 Å². The number of aromatic carboxylic acids is 1. The SMILES string of the molecule is CN(C)c1cc(CNCc2ccc(C(=O)O)cc2)c(O)c2c1C[C@H]1C[C@H]3[C@@H](N(C)C)C(=O)C(C(N)=O)=C(O)[C@@]3(O)C(=O)C1=C2O. The fourth-order valence-corrected chi connectivity index (χ4v) is 6.99. The molecule has 45 heavy (non-hydrogen) atoms. The van der Waals surface area contributed by atoms with Gasteiger partial charge in [-0.25, -0.2) is 4.79 Å². The summed E-state index contributed by atoms with van der Waals surface area (Å²) in [6.45, 7) is 0.486. The number of nitrogens with one attached hydrogen (secondary N) is 1. The lowest BCUT2D eigenvalue weighted by Gasteiger charge is -2.50. The number of carboxylic acids is 1. The molecule has 0 unspecified atom stereocenters. The summed E-state index contributed by atoms with van der Waals surface area (Å²) in [5.41, 5.74) is 4.22. The van der Waals surface area contributed by atoms with Crippen LogP contribution in [-0.4, -0.2) is 93.7 Å². The molecule has 0 heterocycles. The Morgan fingerprint density at radius 1 is 1.04 bits per heavy atom. The van der Waals surface area contributed by atoms with Crippen molar-refractivity contribution in [3.63, 3.8) is 0 Å². The molecule has 3 aliphatic rings. The standard InChI is InChI=1S/C32H36N4O9/c1-35(2)20-11-17(13-34-12-14-5-7-15(8-6-14)31(43)44)25(37)22-18(20)9-16-10-19-24(36(3)4)27(39)23(30(33)42)29(41)32(19,45)28(40)21(16)26(22)38/h5-8,11,16,19,24,34,37-38,41,45H,9-10,12-13H2,1-4H3,(H2,33,42)(H,43,44)/t16-,19-,24+,32-/m0/s1. The smallest absolute Gasteiger partial charge is 0.335 e. The maximum atomic E-state index is 14.1. The number of phenolic OH excluding ortho intramolecular Hbond substituents is 1. The van der Waals surface area contributed by atoms with Crippen LogP contribution in [0.5, 0.6) is 5.75 Å². The largest absolute Gasteiger partial charge is 0.508 e. The van der Waals surface area contributed by atoms with Crippen LogP contribution in [0.15, 0.2) is 47.2 Å². The van der Waals surface area contributed by atoms with Crippen molar-refractivity contribution in [2.75, 3.05) is 33.1 Å². The molecule has 2 aromatic rings. The zero-order valence-electron chi connectivity index (χ0n) is 25.3. The predicted molar refractivity (Wildman–Crippen MR) is 163 cm³/mol. The highest BCUT2D eigenvalue weighted by Gasteiger charge is 2.64. The number of ketones is 2. The average Bonchev–Trinajstić information content (AvgIpc) is 2.95. The molecule has 4 atom stereocenters. The second-order valence-electron chi connectivity index (χ2n) is 12.2. The average molecular weight is 621 g/mol. The number of primary amides is 1. The highest BCUT2D eigenvalue weighted by Crippen LogP contribution is 2.54. The maximum absolute atomic E-state index is 14.1. The molecule has 1 fully saturated rings. The number of aromatic hydroxyl groups is 1. The van der Waals surface area contributed by atoms with Gasteiger partial charge >= 0.3 is 5.97 Å². The Balaban J connectivity index is 1.57. The van der Waals surface area contributed by atoms with Crippen LogP contribution in [0.4, 0.5) is 5.69 Å². The van der Waals surface area contributed by atoms with Gasteiger partial charge in [-0.15, -0.1) is 0 Å². The van der Waals surface area contributed by atoms with E-state index in [-0.39, 0.29) is 41.8 Å². The summed E-state index contributed by atoms with van der Waals surface area (Å²) in [6, 6.07) is 6.94. The number of aliphatic hydroxyl groups excluding tert-OH is 2. The molecular weight excluding hydrogens is 584 g/mol. The van der Waals surface area contributed by atoms with Crippen LogP contribution in [0.1, 0.15) is 39.0 Å². The van der Waals surface area contributed by atoms with Crippen molar-refractivity contribution in [1.82, 2.24) is 10.2 Å². The van der Waals surface area contributed by atoms with Crippen LogP contribution in [0.2, 0.25) is 0 Å². The summed E-state index contributed by atoms with van der Waals surface area (Å²) in [6.07, 6.45) is 0.183. The van der Waals surface area contributed by atoms with Gasteiger partial charge in [0.1, 0.15) is 22.8 Å². The van der Waals surface area contributed by atoms with Crippen molar-refractivity contribution in [3.05, 3.63) is 75.1 Å². The minimum Gasteiger partial charge on any atom is -0.508 e. The van der Waals surface area contributed by atoms with Gasteiger partial charge in [0.05, 0.1) is 17.2 Å². The zero-order chi connectivity index (χ0) is 33.1. The molecule has 13 heteroatoms. The number of fused-ring (bicyclic) bond motifs is 3. The normalized spacial score (nSPS) is 24.4. The molecule has 13 nitrogen and oxygen atoms in total. The van der Waals surface area contributed by atoms with Crippen molar-refractivity contribution in [3.8, 4) is 5.75 Å². The molecule has 0 bridgehead atoms. The highest BCUT2D eigenvalue weighted by atomic mass is 16.4. The fraction of sp³-hybridized carbons (Fsp3) is 0.375. The Morgan fingerprint density at radius 3 is 2.24 bits per heavy atom. The molecule has 0 spiro atoms. The first-order valence-corrected chi connectivity index (χ1v) is 14.3. The van der Waals surface area contributed by atoms with Gasteiger partial charge in [-0.05, 0) is 62.2 Å². The monoisotopic (exact) mass is 620 g/mol. The molecule has 1 saturated carbocycles. The Kier molecular flexibility index (Phi) is 7.98. The molecule has 2 aromatic carbocycles. The number of amides is 1. The number of phenols is 1. The number of nitrogens with two attached hydrogens (primary N) is 1. The number of Topliss-reactive ketones (excluding diaryl/α,β-unsaturated/α-hetero) is 2. The zero-order valence-corrected chi connectivity index (χ0v) is 25.3. The van der Waals surface area contributed by atoms with E-state index in [1.54, 1.807) is 46.4 Å². The van der Waals surface area contributed by atoms with Crippen molar-refractivity contribution in [2.45, 2.75) is 37.6 Å². The highest BCUT2D eigenvalue weighted by molar-refractivity contribution is 6.24. The quantitative estimate of drug-likeness (QED) is 0.206. The molecule has 0 aromatic heterocycles. The number of benzene rings is 2. The van der Waals surface area contributed by atoms with Gasteiger partial charge in [0, 0.05) is 49.9 Å². The summed E-state index contributed by atoms with van der Waals surface area (Å²) >= 11 is 0. The predicted octanol–water partition coefficient (Wildman–Crippen LogP) is 1.02. The fourth-order valence-electron chi connectivity index (χ4n) is 6.99. The number of carbonyl (C=O) groups is 4. The van der Waals surface area contributed by atoms with Gasteiger partial charge in [0.25, 0.3) is 5.91 Å². The molecule has 5 rings (SSSR count). The number of carbonyl (C=O) groups excluding carboxylic acids is 3. The van der Waals surface area contributed by atoms with Crippen LogP contribution in [0.25, 0.3) is 5.76 Å². The Hall–Kier alpha value is -4.72. The van der Waals surface area contributed by atoms with Crippen molar-refractivity contribution >= 4 is 34.9 Å². The lowest BCUT2D eigenvalue weighted by atomic mass is 9.57. The van der Waals surface area contributed by atoms with Crippen LogP contribution in [-0.2, 0) is 33.9 Å². The van der Waals surface area contributed by atoms with E-state index in [1.165, 1.54) is 17.0 Å². The first-order chi connectivity index (χ1) is 21.1. The van der Waals surface area contributed by atoms with E-state index in [0.29, 0.717) is 23.4 Å². The number of carboxylic acid groups (broad SMARTS) is 1. The molecule has 0 saturated heterocycles. The molecule has 3 aliphatic carbocycles. The second kappa shape index (κ2) is 11.3. The van der Waals surface area contributed by atoms with Crippen molar-refractivity contribution in [1.29, 1.82) is 0 Å². The minimum absolute atomic E-state index is 0.00334. The number of rotatable bonds is 8.